The van der Waals surface area contributed by atoms with E-state index in [1.165, 1.54) is 70.2 Å². The number of carboxylic acids is 2. The van der Waals surface area contributed by atoms with Crippen LogP contribution in [-0.4, -0.2) is 77.4 Å². The molecule has 16 nitrogen and oxygen atoms in total. The Bertz CT molecular complexity index is 2550. The molecule has 2 unspecified atom stereocenters. The van der Waals surface area contributed by atoms with Gasteiger partial charge in [-0.1, -0.05) is 23.2 Å². The summed E-state index contributed by atoms with van der Waals surface area (Å²) in [5.74, 6) is -6.52. The lowest BCUT2D eigenvalue weighted by molar-refractivity contribution is 0.0685. The van der Waals surface area contributed by atoms with Crippen molar-refractivity contribution in [3.05, 3.63) is 106 Å². The second-order valence-electron chi connectivity index (χ2n) is 13.6. The first-order valence-corrected chi connectivity index (χ1v) is 18.3. The number of benzene rings is 2. The minimum absolute atomic E-state index is 0.100. The van der Waals surface area contributed by atoms with Gasteiger partial charge in [-0.3, -0.25) is 0 Å². The number of fused-ring (bicyclic) bond motifs is 2. The molecule has 2 aliphatic rings. The normalized spacial score (nSPS) is 16.9. The van der Waals surface area contributed by atoms with Crippen molar-refractivity contribution >= 4 is 69.6 Å². The molecule has 2 aromatic carbocycles. The molecular weight excluding hydrogens is 843 g/mol. The van der Waals surface area contributed by atoms with Gasteiger partial charge in [0.15, 0.2) is 11.5 Å². The third-order valence-corrected chi connectivity index (χ3v) is 9.96. The van der Waals surface area contributed by atoms with E-state index in [1.54, 1.807) is 26.0 Å². The number of carboxylic acid groups (broad SMARTS) is 2. The van der Waals surface area contributed by atoms with Crippen LogP contribution in [0.15, 0.2) is 73.3 Å². The monoisotopic (exact) mass is 872 g/mol. The first kappa shape index (κ1) is 41.4. The summed E-state index contributed by atoms with van der Waals surface area (Å²) in [5, 5.41) is 36.2. The second kappa shape index (κ2) is 15.8. The Morgan fingerprint density at radius 1 is 0.683 bits per heavy atom. The van der Waals surface area contributed by atoms with Crippen molar-refractivity contribution in [3.63, 3.8) is 0 Å². The number of aromatic carboxylic acids is 2. The first-order chi connectivity index (χ1) is 28.3. The fraction of sp³-hybridized carbons (Fsp3) is 0.211. The van der Waals surface area contributed by atoms with Crippen LogP contribution >= 0.6 is 23.2 Å². The Labute approximate surface area is 345 Å². The van der Waals surface area contributed by atoms with Gasteiger partial charge in [-0.25, -0.2) is 45.8 Å². The van der Waals surface area contributed by atoms with Gasteiger partial charge in [0.1, 0.15) is 34.6 Å². The highest BCUT2D eigenvalue weighted by Crippen LogP contribution is 2.43. The van der Waals surface area contributed by atoms with Crippen LogP contribution in [0.2, 0.25) is 10.0 Å². The molecule has 2 aliphatic carbocycles. The number of nitrogens with one attached hydrogen (secondary N) is 4. The quantitative estimate of drug-likeness (QED) is 0.0722. The number of anilines is 2. The summed E-state index contributed by atoms with van der Waals surface area (Å²) >= 11 is 12.4. The minimum atomic E-state index is -2.87. The zero-order valence-corrected chi connectivity index (χ0v) is 32.4. The molecule has 4 heterocycles. The molecule has 22 heteroatoms. The Morgan fingerprint density at radius 3 is 1.37 bits per heavy atom. The lowest BCUT2D eigenvalue weighted by Gasteiger charge is -2.12. The smallest absolute Gasteiger partial charge is 0.337 e. The summed E-state index contributed by atoms with van der Waals surface area (Å²) < 4.78 is 66.1. The summed E-state index contributed by atoms with van der Waals surface area (Å²) in [4.78, 5) is 46.3. The minimum Gasteiger partial charge on any atom is -0.478 e. The first-order valence-electron chi connectivity index (χ1n) is 17.6. The Kier molecular flexibility index (Phi) is 10.9. The van der Waals surface area contributed by atoms with E-state index in [-0.39, 0.29) is 45.4 Å². The molecule has 0 radical (unpaired) electrons. The molecule has 0 spiro atoms. The predicted molar refractivity (Wildman–Crippen MR) is 208 cm³/mol. The van der Waals surface area contributed by atoms with Gasteiger partial charge < -0.3 is 41.0 Å². The van der Waals surface area contributed by atoms with E-state index >= 15 is 0 Å². The molecule has 2 fully saturated rings. The van der Waals surface area contributed by atoms with Crippen LogP contribution in [0.4, 0.5) is 38.5 Å². The van der Waals surface area contributed by atoms with E-state index in [1.807, 2.05) is 0 Å². The van der Waals surface area contributed by atoms with Gasteiger partial charge in [0.2, 0.25) is 0 Å². The molecule has 0 aliphatic heterocycles. The fourth-order valence-electron chi connectivity index (χ4n) is 5.99. The molecule has 2 atom stereocenters. The highest BCUT2D eigenvalue weighted by atomic mass is 35.5. The number of aromatic nitrogens is 4. The van der Waals surface area contributed by atoms with Gasteiger partial charge in [-0.2, -0.15) is 10.2 Å². The van der Waals surface area contributed by atoms with Crippen LogP contribution in [0, 0.1) is 13.8 Å². The van der Waals surface area contributed by atoms with Gasteiger partial charge in [-0.15, -0.1) is 0 Å². The van der Waals surface area contributed by atoms with Crippen molar-refractivity contribution in [2.75, 3.05) is 10.6 Å². The van der Waals surface area contributed by atoms with Crippen molar-refractivity contribution in [1.29, 1.82) is 0 Å². The Balaban J connectivity index is 0.000000181. The number of urea groups is 2. The highest BCUT2D eigenvalue weighted by molar-refractivity contribution is 6.34. The number of halogens is 6. The van der Waals surface area contributed by atoms with E-state index in [0.717, 1.165) is 0 Å². The number of nitrogens with zero attached hydrogens (tertiary/aromatic N) is 4. The number of amides is 4. The van der Waals surface area contributed by atoms with Crippen molar-refractivity contribution in [3.8, 4) is 23.0 Å². The molecule has 4 amide bonds. The lowest BCUT2D eigenvalue weighted by atomic mass is 10.2. The van der Waals surface area contributed by atoms with Crippen molar-refractivity contribution in [1.82, 2.24) is 29.9 Å². The zero-order chi connectivity index (χ0) is 43.3. The third-order valence-electron chi connectivity index (χ3n) is 9.34. The molecule has 8 rings (SSSR count). The SMILES string of the molecule is Cc1c(C(=O)O)cn2nccc(Oc3ccc(NC(=O)NC4CC4(F)F)c(Cl)c3)c12.Cc1c(C(=O)O)cn2nccc(Oc3ccc(NC(=O)NC4CC4(F)F)c(Cl)c3)c12. The van der Waals surface area contributed by atoms with E-state index < -0.39 is 47.9 Å². The van der Waals surface area contributed by atoms with Crippen LogP contribution < -0.4 is 30.7 Å². The van der Waals surface area contributed by atoms with Crippen molar-refractivity contribution < 1.29 is 56.4 Å². The summed E-state index contributed by atoms with van der Waals surface area (Å²) in [6.45, 7) is 3.30. The summed E-state index contributed by atoms with van der Waals surface area (Å²) in [7, 11) is 0. The summed E-state index contributed by atoms with van der Waals surface area (Å²) in [6, 6.07) is 8.12. The number of alkyl halides is 4. The maximum Gasteiger partial charge on any atom is 0.337 e. The largest absolute Gasteiger partial charge is 0.478 e. The fourth-order valence-corrected chi connectivity index (χ4v) is 6.43. The van der Waals surface area contributed by atoms with Gasteiger partial charge in [0.25, 0.3) is 11.8 Å². The average molecular weight is 874 g/mol. The van der Waals surface area contributed by atoms with Gasteiger partial charge in [0, 0.05) is 49.5 Å². The summed E-state index contributed by atoms with van der Waals surface area (Å²) in [5.41, 5.74) is 2.59. The van der Waals surface area contributed by atoms with Crippen molar-refractivity contribution in [2.24, 2.45) is 0 Å². The number of aryl methyl sites for hydroxylation is 2. The Hall–Kier alpha value is -6.80. The van der Waals surface area contributed by atoms with E-state index in [4.69, 9.17) is 32.7 Å². The van der Waals surface area contributed by atoms with E-state index in [9.17, 15) is 47.0 Å². The molecule has 312 valence electrons. The van der Waals surface area contributed by atoms with E-state index in [0.29, 0.717) is 45.2 Å². The lowest BCUT2D eigenvalue weighted by Crippen LogP contribution is -2.33. The molecule has 6 N–H and O–H groups in total. The highest BCUT2D eigenvalue weighted by Gasteiger charge is 2.58. The number of carbonyl (C=O) groups is 4. The van der Waals surface area contributed by atoms with E-state index in [2.05, 4.69) is 31.5 Å². The molecule has 4 aromatic heterocycles. The van der Waals surface area contributed by atoms with Crippen molar-refractivity contribution in [2.45, 2.75) is 50.6 Å². The van der Waals surface area contributed by atoms with Crippen LogP contribution in [0.25, 0.3) is 11.0 Å². The summed E-state index contributed by atoms with van der Waals surface area (Å²) in [6.07, 6.45) is 4.93. The number of rotatable bonds is 10. The number of ether oxygens (including phenoxy) is 2. The maximum absolute atomic E-state index is 12.9. The average Bonchev–Trinajstić information content (AvgIpc) is 3.81. The molecule has 2 saturated carbocycles. The standard InChI is InChI=1S/2C19H15ClF2N4O4/c2*1-9-11(17(27)28)8-26-16(9)14(4-5-23-26)30-10-2-3-13(12(20)6-10)24-18(29)25-15-7-19(15,21)22/h2*2-6,8,15H,7H2,1H3,(H,27,28)(H2,24,25,29). The van der Waals surface area contributed by atoms with Crippen LogP contribution in [-0.2, 0) is 0 Å². The molecule has 6 aromatic rings. The zero-order valence-electron chi connectivity index (χ0n) is 30.9. The third kappa shape index (κ3) is 8.78. The van der Waals surface area contributed by atoms with Gasteiger partial charge in [0.05, 0.1) is 44.9 Å². The second-order valence-corrected chi connectivity index (χ2v) is 14.5. The molecular formula is C38H30Cl2F4N8O8. The number of hydrogen-bond acceptors (Lipinski definition) is 8. The molecule has 60 heavy (non-hydrogen) atoms. The Morgan fingerprint density at radius 2 is 1.05 bits per heavy atom. The van der Waals surface area contributed by atoms with Gasteiger partial charge in [-0.05, 0) is 49.2 Å². The number of carbonyl (C=O) groups excluding carboxylic acids is 2. The van der Waals surface area contributed by atoms with Gasteiger partial charge >= 0.3 is 24.0 Å². The molecule has 0 bridgehead atoms. The number of hydrogen-bond donors (Lipinski definition) is 6. The predicted octanol–water partition coefficient (Wildman–Crippen LogP) is 8.63. The van der Waals surface area contributed by atoms with Crippen LogP contribution in [0.1, 0.15) is 44.7 Å². The maximum atomic E-state index is 12.9. The van der Waals surface area contributed by atoms with Crippen LogP contribution in [0.3, 0.4) is 0 Å². The van der Waals surface area contributed by atoms with Crippen LogP contribution in [0.5, 0.6) is 23.0 Å². The molecule has 0 saturated heterocycles. The topological polar surface area (TPSA) is 210 Å².